The van der Waals surface area contributed by atoms with Crippen LogP contribution < -0.4 is 31.0 Å². The molecule has 2 heterocycles. The van der Waals surface area contributed by atoms with Crippen molar-refractivity contribution >= 4 is 49.8 Å². The molecule has 0 bridgehead atoms. The molecule has 6 aromatic carbocycles. The first kappa shape index (κ1) is 51.4. The van der Waals surface area contributed by atoms with Gasteiger partial charge in [0, 0.05) is 115 Å². The normalized spacial score (nSPS) is 9.81. The molecule has 0 saturated heterocycles. The van der Waals surface area contributed by atoms with Gasteiger partial charge < -0.3 is 36.9 Å². The molecule has 0 atom stereocenters. The van der Waals surface area contributed by atoms with E-state index in [1.165, 1.54) is 38.4 Å². The maximum Gasteiger partial charge on any atom is 0.0408 e. The van der Waals surface area contributed by atoms with Crippen LogP contribution in [0, 0.1) is 35.4 Å². The quantitative estimate of drug-likeness (QED) is 0.0862. The second-order valence-corrected chi connectivity index (χ2v) is 15.7. The molecule has 12 heteroatoms. The van der Waals surface area contributed by atoms with Crippen LogP contribution in [0.4, 0.5) is 28.9 Å². The van der Waals surface area contributed by atoms with Crippen LogP contribution in [0.5, 0.6) is 0 Å². The van der Waals surface area contributed by atoms with Crippen molar-refractivity contribution in [3.05, 3.63) is 218 Å². The zero-order valence-corrected chi connectivity index (χ0v) is 40.8. The monoisotopic (exact) mass is 1220 g/mol. The molecule has 62 heavy (non-hydrogen) atoms. The van der Waals surface area contributed by atoms with Crippen molar-refractivity contribution < 1.29 is 57.8 Å². The molecule has 0 saturated carbocycles. The first-order valence-electron chi connectivity index (χ1n) is 18.7. The molecule has 322 valence electrons. The summed E-state index contributed by atoms with van der Waals surface area (Å²) in [6.07, 6.45) is 3.17. The third kappa shape index (κ3) is 17.1. The average Bonchev–Trinajstić information content (AvgIpc) is 3.26. The molecule has 0 fully saturated rings. The van der Waals surface area contributed by atoms with Gasteiger partial charge in [-0.25, -0.2) is 21.2 Å². The fourth-order valence-corrected chi connectivity index (χ4v) is 7.14. The van der Waals surface area contributed by atoms with Crippen molar-refractivity contribution in [1.82, 2.24) is 9.97 Å². The van der Waals surface area contributed by atoms with E-state index < -0.39 is 23.3 Å². The van der Waals surface area contributed by atoms with Crippen LogP contribution in [0.2, 0.25) is 0 Å². The van der Waals surface area contributed by atoms with Gasteiger partial charge in [0.1, 0.15) is 0 Å². The van der Waals surface area contributed by atoms with Crippen molar-refractivity contribution in [3.8, 4) is 22.5 Å². The van der Waals surface area contributed by atoms with Gasteiger partial charge in [0.25, 0.3) is 0 Å². The number of pyridine rings is 2. The molecule has 8 aromatic rings. The zero-order valence-electron chi connectivity index (χ0n) is 34.2. The minimum atomic E-state index is -0.659. The van der Waals surface area contributed by atoms with Crippen LogP contribution in [0.1, 0.15) is 0 Å². The Balaban J connectivity index is 0.000000219. The summed E-state index contributed by atoms with van der Waals surface area (Å²) in [5, 5.41) is 5.37. The molecule has 0 unspecified atom stereocenters. The number of benzene rings is 6. The number of halogens is 4. The fourth-order valence-electron chi connectivity index (χ4n) is 5.26. The minimum absolute atomic E-state index is 0. The third-order valence-electron chi connectivity index (χ3n) is 8.29. The standard InChI is InChI=1S/2C13H11F2N2.2C12H10P.2Ir/c2*1-17(2)10-5-6-16-13(8-10)11-4-3-9(14)7-12(11)15;2*1-3-7-11(8-4-1)13-12-9-5-2-6-10-12;;/h2*3,5-8H,1-2H3;2*1-10H;;/q4*-1;;. The van der Waals surface area contributed by atoms with Gasteiger partial charge in [-0.2, -0.15) is 0 Å². The predicted octanol–water partition coefficient (Wildman–Crippen LogP) is 10.9. The van der Waals surface area contributed by atoms with Gasteiger partial charge in [0.15, 0.2) is 0 Å². The summed E-state index contributed by atoms with van der Waals surface area (Å²) in [7, 11) is 10.1. The number of aromatic nitrogens is 2. The van der Waals surface area contributed by atoms with Crippen molar-refractivity contribution in [3.63, 3.8) is 0 Å². The van der Waals surface area contributed by atoms with Gasteiger partial charge in [-0.05, 0) is 23.5 Å². The van der Waals surface area contributed by atoms with E-state index in [0.29, 0.717) is 11.4 Å². The van der Waals surface area contributed by atoms with E-state index in [0.717, 1.165) is 35.6 Å². The Labute approximate surface area is 393 Å². The van der Waals surface area contributed by atoms with E-state index in [2.05, 4.69) is 119 Å². The summed E-state index contributed by atoms with van der Waals surface area (Å²) in [6.45, 7) is 0. The van der Waals surface area contributed by atoms with Crippen LogP contribution in [-0.2, 0) is 40.2 Å². The van der Waals surface area contributed by atoms with Crippen molar-refractivity contribution in [2.24, 2.45) is 0 Å². The van der Waals surface area contributed by atoms with Crippen LogP contribution in [0.15, 0.2) is 182 Å². The van der Waals surface area contributed by atoms with Gasteiger partial charge >= 0.3 is 0 Å². The Bertz CT molecular complexity index is 2260. The first-order valence-corrected chi connectivity index (χ1v) is 20.5. The molecule has 2 radical (unpaired) electrons. The number of nitrogens with zero attached hydrogens (tertiary/aromatic N) is 4. The number of hydrogen-bond donors (Lipinski definition) is 0. The van der Waals surface area contributed by atoms with Crippen LogP contribution >= 0.6 is 17.2 Å². The largest absolute Gasteiger partial charge is 0.472 e. The fraction of sp³-hybridized carbons (Fsp3) is 0.0800. The van der Waals surface area contributed by atoms with E-state index in [9.17, 15) is 17.6 Å². The topological polar surface area (TPSA) is 32.3 Å². The van der Waals surface area contributed by atoms with Gasteiger partial charge in [-0.1, -0.05) is 157 Å². The second kappa shape index (κ2) is 27.2. The molecule has 8 rings (SSSR count). The Kier molecular flexibility index (Phi) is 22.6. The zero-order chi connectivity index (χ0) is 42.7. The second-order valence-electron chi connectivity index (χ2n) is 13.2. The molecule has 2 aromatic heterocycles. The van der Waals surface area contributed by atoms with Crippen LogP contribution in [0.25, 0.3) is 22.5 Å². The SMILES string of the molecule is CN(C)c1ccnc(-c2[c-]cc(F)cc2F)c1.CN(C)c1ccnc(-c2[c-]cc(F)cc2F)c1.[Ir].[Ir].c1ccc([P-]c2ccccc2)cc1.c1ccc([P-]c2ccccc2)cc1. The summed E-state index contributed by atoms with van der Waals surface area (Å²) >= 11 is 0. The van der Waals surface area contributed by atoms with Crippen LogP contribution in [0.3, 0.4) is 0 Å². The smallest absolute Gasteiger partial charge is 0.0408 e. The first-order chi connectivity index (χ1) is 29.0. The molecule has 0 N–H and O–H groups in total. The van der Waals surface area contributed by atoms with Crippen molar-refractivity contribution in [1.29, 1.82) is 0 Å². The molecule has 0 amide bonds. The van der Waals surface area contributed by atoms with E-state index in [1.807, 2.05) is 74.4 Å². The summed E-state index contributed by atoms with van der Waals surface area (Å²) in [5.41, 5.74) is 3.02. The molecule has 0 spiro atoms. The molecular weight excluding hydrogens is 1180 g/mol. The van der Waals surface area contributed by atoms with Gasteiger partial charge in [0.2, 0.25) is 0 Å². The summed E-state index contributed by atoms with van der Waals surface area (Å²) < 4.78 is 52.6. The Morgan fingerprint density at radius 3 is 0.968 bits per heavy atom. The summed E-state index contributed by atoms with van der Waals surface area (Å²) in [6, 6.07) is 58.0. The van der Waals surface area contributed by atoms with Crippen molar-refractivity contribution in [2.45, 2.75) is 0 Å². The molecular formula is C50H42F4Ir2N4P2-4. The third-order valence-corrected chi connectivity index (χ3v) is 10.5. The average molecular weight is 1220 g/mol. The molecule has 4 nitrogen and oxygen atoms in total. The molecule has 0 aliphatic heterocycles. The van der Waals surface area contributed by atoms with E-state index in [4.69, 9.17) is 0 Å². The van der Waals surface area contributed by atoms with E-state index in [-0.39, 0.29) is 51.3 Å². The minimum Gasteiger partial charge on any atom is -0.472 e. The molecule has 0 aliphatic rings. The predicted molar refractivity (Wildman–Crippen MR) is 244 cm³/mol. The Morgan fingerprint density at radius 1 is 0.419 bits per heavy atom. The summed E-state index contributed by atoms with van der Waals surface area (Å²) in [5.74, 6) is -2.60. The van der Waals surface area contributed by atoms with Crippen LogP contribution in [-0.4, -0.2) is 38.2 Å². The van der Waals surface area contributed by atoms with E-state index >= 15 is 0 Å². The Hall–Kier alpha value is -4.90. The van der Waals surface area contributed by atoms with Gasteiger partial charge in [-0.3, -0.25) is 17.6 Å². The number of rotatable bonds is 8. The Morgan fingerprint density at radius 2 is 0.710 bits per heavy atom. The number of anilines is 2. The molecule has 0 aliphatic carbocycles. The van der Waals surface area contributed by atoms with Gasteiger partial charge in [0.05, 0.1) is 0 Å². The van der Waals surface area contributed by atoms with E-state index in [1.54, 1.807) is 24.5 Å². The maximum absolute atomic E-state index is 13.5. The van der Waals surface area contributed by atoms with Crippen molar-refractivity contribution in [2.75, 3.05) is 38.0 Å². The van der Waals surface area contributed by atoms with Gasteiger partial charge in [-0.15, -0.1) is 24.3 Å². The number of hydrogen-bond acceptors (Lipinski definition) is 4. The summed E-state index contributed by atoms with van der Waals surface area (Å²) in [4.78, 5) is 11.9. The maximum atomic E-state index is 13.5.